The fraction of sp³-hybridized carbons (Fsp3) is 1.00. The lowest BCUT2D eigenvalue weighted by atomic mass is 10.2. The summed E-state index contributed by atoms with van der Waals surface area (Å²) in [5, 5.41) is 0. The Morgan fingerprint density at radius 3 is 2.62 bits per heavy atom. The summed E-state index contributed by atoms with van der Waals surface area (Å²) in [6.07, 6.45) is 3.71. The van der Waals surface area contributed by atoms with Crippen molar-refractivity contribution >= 4 is 0 Å². The van der Waals surface area contributed by atoms with Gasteiger partial charge in [-0.25, -0.2) is 0 Å². The van der Waals surface area contributed by atoms with E-state index >= 15 is 0 Å². The number of hydrazine groups is 1. The minimum absolute atomic E-state index is 0.481. The summed E-state index contributed by atoms with van der Waals surface area (Å²) >= 11 is 0. The van der Waals surface area contributed by atoms with Gasteiger partial charge in [-0.15, -0.1) is 0 Å². The maximum Gasteiger partial charge on any atom is 0.0182 e. The average Bonchev–Trinajstić information content (AvgIpc) is 1.83. The molecule has 0 aliphatic heterocycles. The summed E-state index contributed by atoms with van der Waals surface area (Å²) in [4.78, 5) is 0. The average molecular weight is 116 g/mol. The monoisotopic (exact) mass is 116 g/mol. The molecule has 0 unspecified atom stereocenters. The van der Waals surface area contributed by atoms with Crippen LogP contribution in [-0.2, 0) is 0 Å². The highest BCUT2D eigenvalue weighted by Gasteiger charge is 1.93. The fourth-order valence-corrected chi connectivity index (χ4v) is 0.594. The molecule has 8 heavy (non-hydrogen) atoms. The Balaban J connectivity index is 2.86. The van der Waals surface area contributed by atoms with Crippen molar-refractivity contribution in [1.82, 2.24) is 5.43 Å². The third-order valence-electron chi connectivity index (χ3n) is 1.28. The standard InChI is InChI=1S/C6H16N2/c1-3-4-5-6(2)8-7/h6,8H,3-5,7H2,1-2H3/t6-/m1/s1. The largest absolute Gasteiger partial charge is 0.271 e. The van der Waals surface area contributed by atoms with Crippen molar-refractivity contribution in [2.45, 2.75) is 39.2 Å². The van der Waals surface area contributed by atoms with Crippen molar-refractivity contribution in [3.63, 3.8) is 0 Å². The predicted octanol–water partition coefficient (Wildman–Crippen LogP) is 1.03. The molecule has 0 spiro atoms. The molecule has 3 N–H and O–H groups in total. The molecule has 2 nitrogen and oxygen atoms in total. The molecule has 0 heterocycles. The molecular formula is C6H16N2. The lowest BCUT2D eigenvalue weighted by Gasteiger charge is -2.06. The second kappa shape index (κ2) is 5.06. The molecule has 0 fully saturated rings. The Morgan fingerprint density at radius 1 is 1.62 bits per heavy atom. The van der Waals surface area contributed by atoms with E-state index in [9.17, 15) is 0 Å². The fourth-order valence-electron chi connectivity index (χ4n) is 0.594. The molecule has 50 valence electrons. The van der Waals surface area contributed by atoms with Crippen molar-refractivity contribution in [3.8, 4) is 0 Å². The molecule has 0 aromatic carbocycles. The van der Waals surface area contributed by atoms with Crippen LogP contribution in [0.5, 0.6) is 0 Å². The highest BCUT2D eigenvalue weighted by Crippen LogP contribution is 1.96. The lowest BCUT2D eigenvalue weighted by molar-refractivity contribution is 0.510. The van der Waals surface area contributed by atoms with Crippen LogP contribution in [0.15, 0.2) is 0 Å². The van der Waals surface area contributed by atoms with Crippen molar-refractivity contribution in [1.29, 1.82) is 0 Å². The summed E-state index contributed by atoms with van der Waals surface area (Å²) < 4.78 is 0. The minimum atomic E-state index is 0.481. The Kier molecular flexibility index (Phi) is 5.01. The number of nitrogens with one attached hydrogen (secondary N) is 1. The molecule has 0 bridgehead atoms. The Hall–Kier alpha value is -0.0800. The number of unbranched alkanes of at least 4 members (excludes halogenated alkanes) is 1. The molecule has 0 rings (SSSR count). The molecule has 0 aromatic heterocycles. The second-order valence-electron chi connectivity index (χ2n) is 2.21. The van der Waals surface area contributed by atoms with Crippen LogP contribution in [0.4, 0.5) is 0 Å². The first-order valence-corrected chi connectivity index (χ1v) is 3.27. The minimum Gasteiger partial charge on any atom is -0.271 e. The maximum atomic E-state index is 5.16. The topological polar surface area (TPSA) is 38.0 Å². The van der Waals surface area contributed by atoms with Crippen LogP contribution in [-0.4, -0.2) is 6.04 Å². The number of rotatable bonds is 4. The van der Waals surface area contributed by atoms with Crippen molar-refractivity contribution in [3.05, 3.63) is 0 Å². The molecule has 0 amide bonds. The van der Waals surface area contributed by atoms with Gasteiger partial charge in [0.05, 0.1) is 0 Å². The van der Waals surface area contributed by atoms with E-state index < -0.39 is 0 Å². The smallest absolute Gasteiger partial charge is 0.0182 e. The van der Waals surface area contributed by atoms with Gasteiger partial charge in [-0.1, -0.05) is 19.8 Å². The van der Waals surface area contributed by atoms with Crippen LogP contribution in [0.1, 0.15) is 33.1 Å². The molecule has 0 aromatic rings. The highest BCUT2D eigenvalue weighted by molar-refractivity contribution is 4.53. The SMILES string of the molecule is CCCC[C@@H](C)NN. The van der Waals surface area contributed by atoms with Crippen LogP contribution in [0.3, 0.4) is 0 Å². The van der Waals surface area contributed by atoms with E-state index in [2.05, 4.69) is 19.3 Å². The summed E-state index contributed by atoms with van der Waals surface area (Å²) in [7, 11) is 0. The number of hydrogen-bond acceptors (Lipinski definition) is 2. The van der Waals surface area contributed by atoms with Gasteiger partial charge in [0.15, 0.2) is 0 Å². The van der Waals surface area contributed by atoms with Crippen molar-refractivity contribution < 1.29 is 0 Å². The van der Waals surface area contributed by atoms with Crippen LogP contribution >= 0.6 is 0 Å². The van der Waals surface area contributed by atoms with E-state index in [1.54, 1.807) is 0 Å². The third-order valence-corrected chi connectivity index (χ3v) is 1.28. The van der Waals surface area contributed by atoms with Gasteiger partial charge in [0.2, 0.25) is 0 Å². The molecule has 0 aliphatic rings. The molecule has 0 aliphatic carbocycles. The van der Waals surface area contributed by atoms with Gasteiger partial charge in [-0.05, 0) is 13.3 Å². The van der Waals surface area contributed by atoms with Crippen LogP contribution in [0, 0.1) is 0 Å². The lowest BCUT2D eigenvalue weighted by Crippen LogP contribution is -2.32. The zero-order valence-corrected chi connectivity index (χ0v) is 5.78. The van der Waals surface area contributed by atoms with Gasteiger partial charge < -0.3 is 0 Å². The predicted molar refractivity (Wildman–Crippen MR) is 36.3 cm³/mol. The molecule has 0 saturated heterocycles. The van der Waals surface area contributed by atoms with Gasteiger partial charge in [0, 0.05) is 6.04 Å². The Morgan fingerprint density at radius 2 is 2.25 bits per heavy atom. The Labute approximate surface area is 51.4 Å². The van der Waals surface area contributed by atoms with Gasteiger partial charge in [-0.3, -0.25) is 11.3 Å². The zero-order valence-electron chi connectivity index (χ0n) is 5.78. The van der Waals surface area contributed by atoms with Crippen molar-refractivity contribution in [2.75, 3.05) is 0 Å². The number of hydrogen-bond donors (Lipinski definition) is 2. The van der Waals surface area contributed by atoms with E-state index in [4.69, 9.17) is 5.84 Å². The van der Waals surface area contributed by atoms with E-state index in [1.807, 2.05) is 0 Å². The van der Waals surface area contributed by atoms with Crippen LogP contribution < -0.4 is 11.3 Å². The van der Waals surface area contributed by atoms with Gasteiger partial charge in [0.1, 0.15) is 0 Å². The second-order valence-corrected chi connectivity index (χ2v) is 2.21. The van der Waals surface area contributed by atoms with E-state index in [0.29, 0.717) is 6.04 Å². The van der Waals surface area contributed by atoms with E-state index in [1.165, 1.54) is 19.3 Å². The summed E-state index contributed by atoms with van der Waals surface area (Å²) in [6, 6.07) is 0.481. The van der Waals surface area contributed by atoms with E-state index in [0.717, 1.165) is 0 Å². The third kappa shape index (κ3) is 4.09. The maximum absolute atomic E-state index is 5.16. The Bertz CT molecular complexity index is 45.8. The first-order valence-electron chi connectivity index (χ1n) is 3.27. The van der Waals surface area contributed by atoms with Crippen LogP contribution in [0.25, 0.3) is 0 Å². The summed E-state index contributed by atoms with van der Waals surface area (Å²) in [5.74, 6) is 5.16. The van der Waals surface area contributed by atoms with Gasteiger partial charge >= 0.3 is 0 Å². The van der Waals surface area contributed by atoms with Gasteiger partial charge in [-0.2, -0.15) is 0 Å². The molecular weight excluding hydrogens is 100 g/mol. The number of nitrogens with two attached hydrogens (primary N) is 1. The molecule has 0 radical (unpaired) electrons. The molecule has 2 heteroatoms. The molecule has 1 atom stereocenters. The normalized spacial score (nSPS) is 13.9. The highest BCUT2D eigenvalue weighted by atomic mass is 15.2. The molecule has 0 saturated carbocycles. The zero-order chi connectivity index (χ0) is 6.41. The quantitative estimate of drug-likeness (QED) is 0.425. The van der Waals surface area contributed by atoms with E-state index in [-0.39, 0.29) is 0 Å². The van der Waals surface area contributed by atoms with Crippen LogP contribution in [0.2, 0.25) is 0 Å². The summed E-state index contributed by atoms with van der Waals surface area (Å²) in [5.41, 5.74) is 2.70. The first-order chi connectivity index (χ1) is 3.81. The first kappa shape index (κ1) is 7.92. The van der Waals surface area contributed by atoms with Crippen molar-refractivity contribution in [2.24, 2.45) is 5.84 Å². The summed E-state index contributed by atoms with van der Waals surface area (Å²) in [6.45, 7) is 4.28. The van der Waals surface area contributed by atoms with Gasteiger partial charge in [0.25, 0.3) is 0 Å².